The summed E-state index contributed by atoms with van der Waals surface area (Å²) in [6.45, 7) is 0.674. The number of halogens is 2. The lowest BCUT2D eigenvalue weighted by Crippen LogP contribution is -2.54. The molecule has 3 atom stereocenters. The van der Waals surface area contributed by atoms with E-state index in [0.717, 1.165) is 36.3 Å². The molecule has 8 heteroatoms. The van der Waals surface area contributed by atoms with Gasteiger partial charge < -0.3 is 19.3 Å². The van der Waals surface area contributed by atoms with Crippen LogP contribution < -0.4 is 0 Å². The van der Waals surface area contributed by atoms with Crippen molar-refractivity contribution < 1.29 is 14.3 Å². The van der Waals surface area contributed by atoms with Gasteiger partial charge in [0.25, 0.3) is 0 Å². The van der Waals surface area contributed by atoms with Crippen LogP contribution in [0, 0.1) is 11.8 Å². The van der Waals surface area contributed by atoms with Crippen molar-refractivity contribution in [3.63, 3.8) is 0 Å². The van der Waals surface area contributed by atoms with Crippen LogP contribution in [0.3, 0.4) is 0 Å². The highest BCUT2D eigenvalue weighted by atomic mass is 35.5. The zero-order valence-corrected chi connectivity index (χ0v) is 26.0. The van der Waals surface area contributed by atoms with E-state index in [2.05, 4.69) is 48.2 Å². The summed E-state index contributed by atoms with van der Waals surface area (Å²) in [5.41, 5.74) is 2.34. The van der Waals surface area contributed by atoms with Gasteiger partial charge in [0, 0.05) is 29.1 Å². The van der Waals surface area contributed by atoms with Crippen LogP contribution in [0.4, 0.5) is 4.79 Å². The molecule has 1 fully saturated rings. The fourth-order valence-electron chi connectivity index (χ4n) is 6.93. The van der Waals surface area contributed by atoms with Gasteiger partial charge in [-0.05, 0) is 92.6 Å². The number of ether oxygens (including phenoxy) is 2. The van der Waals surface area contributed by atoms with Crippen LogP contribution in [0.1, 0.15) is 48.4 Å². The topological polar surface area (TPSA) is 54.4 Å². The molecular formula is C34H39Cl2N3O3. The average molecular weight is 609 g/mol. The van der Waals surface area contributed by atoms with Crippen molar-refractivity contribution in [2.75, 3.05) is 21.2 Å². The molecule has 222 valence electrons. The summed E-state index contributed by atoms with van der Waals surface area (Å²) in [5.74, 6) is 0.756. The molecular weight excluding hydrogens is 569 g/mol. The lowest BCUT2D eigenvalue weighted by Gasteiger charge is -2.45. The molecule has 0 saturated heterocycles. The molecule has 3 aromatic carbocycles. The molecule has 0 bridgehead atoms. The van der Waals surface area contributed by atoms with Crippen molar-refractivity contribution in [3.8, 4) is 0 Å². The lowest BCUT2D eigenvalue weighted by molar-refractivity contribution is -0.0723. The molecule has 0 spiro atoms. The van der Waals surface area contributed by atoms with Gasteiger partial charge in [0.15, 0.2) is 0 Å². The number of methoxy groups -OCH3 is 1. The van der Waals surface area contributed by atoms with Crippen LogP contribution in [-0.2, 0) is 22.4 Å². The first-order valence-electron chi connectivity index (χ1n) is 14.6. The molecule has 0 amide bonds. The fraction of sp³-hybridized carbons (Fsp3) is 0.412. The first-order chi connectivity index (χ1) is 20.3. The summed E-state index contributed by atoms with van der Waals surface area (Å²) >= 11 is 12.4. The number of hydrogen-bond donors (Lipinski definition) is 0. The summed E-state index contributed by atoms with van der Waals surface area (Å²) in [4.78, 5) is 22.3. The summed E-state index contributed by atoms with van der Waals surface area (Å²) in [6.07, 6.45) is 5.68. The molecule has 5 rings (SSSR count). The van der Waals surface area contributed by atoms with Crippen LogP contribution in [0.2, 0.25) is 10.0 Å². The molecule has 1 heterocycles. The summed E-state index contributed by atoms with van der Waals surface area (Å²) in [7, 11) is 5.65. The van der Waals surface area contributed by atoms with Crippen molar-refractivity contribution in [1.29, 1.82) is 0 Å². The average Bonchev–Trinajstić information content (AvgIpc) is 3.32. The van der Waals surface area contributed by atoms with E-state index in [0.29, 0.717) is 29.9 Å². The second-order valence-corrected chi connectivity index (χ2v) is 12.6. The van der Waals surface area contributed by atoms with E-state index in [1.54, 1.807) is 0 Å². The van der Waals surface area contributed by atoms with Gasteiger partial charge in [-0.3, -0.25) is 0 Å². The number of hydrogen-bond acceptors (Lipinski definition) is 6. The Morgan fingerprint density at radius 1 is 0.929 bits per heavy atom. The minimum absolute atomic E-state index is 0.151. The van der Waals surface area contributed by atoms with Gasteiger partial charge in [-0.15, -0.1) is 0 Å². The smallest absolute Gasteiger partial charge is 0.438 e. The third-order valence-electron chi connectivity index (χ3n) is 8.73. The zero-order chi connectivity index (χ0) is 29.7. The minimum Gasteiger partial charge on any atom is -0.438 e. The van der Waals surface area contributed by atoms with E-state index in [9.17, 15) is 4.79 Å². The van der Waals surface area contributed by atoms with Crippen molar-refractivity contribution >= 4 is 35.7 Å². The highest BCUT2D eigenvalue weighted by molar-refractivity contribution is 6.30. The molecule has 3 unspecified atom stereocenters. The third kappa shape index (κ3) is 6.94. The van der Waals surface area contributed by atoms with Gasteiger partial charge in [-0.2, -0.15) is 0 Å². The third-order valence-corrected chi connectivity index (χ3v) is 9.23. The van der Waals surface area contributed by atoms with Gasteiger partial charge >= 0.3 is 6.16 Å². The number of carbonyl (C=O) groups is 1. The first kappa shape index (κ1) is 30.4. The number of carbonyl (C=O) groups excluding carboxylic acids is 1. The Balaban J connectivity index is 1.44. The monoisotopic (exact) mass is 607 g/mol. The van der Waals surface area contributed by atoms with E-state index in [4.69, 9.17) is 37.7 Å². The molecule has 42 heavy (non-hydrogen) atoms. The highest BCUT2D eigenvalue weighted by Gasteiger charge is 2.53. The van der Waals surface area contributed by atoms with Crippen LogP contribution in [-0.4, -0.2) is 55.3 Å². The van der Waals surface area contributed by atoms with Gasteiger partial charge in [0.05, 0.1) is 19.5 Å². The summed E-state index contributed by atoms with van der Waals surface area (Å²) in [5, 5.41) is 1.41. The van der Waals surface area contributed by atoms with E-state index in [-0.39, 0.29) is 12.0 Å². The van der Waals surface area contributed by atoms with Crippen LogP contribution >= 0.6 is 23.2 Å². The van der Waals surface area contributed by atoms with E-state index < -0.39 is 11.9 Å². The van der Waals surface area contributed by atoms with Crippen LogP contribution in [0.15, 0.2) is 83.9 Å². The second-order valence-electron chi connectivity index (χ2n) is 11.7. The minimum atomic E-state index is -1.12. The number of benzene rings is 3. The maximum Gasteiger partial charge on any atom is 0.510 e. The first-order valence-corrected chi connectivity index (χ1v) is 15.3. The van der Waals surface area contributed by atoms with Crippen molar-refractivity contribution in [1.82, 2.24) is 9.80 Å². The Kier molecular flexibility index (Phi) is 9.77. The van der Waals surface area contributed by atoms with Gasteiger partial charge in [0.1, 0.15) is 0 Å². The molecule has 1 saturated carbocycles. The predicted octanol–water partition coefficient (Wildman–Crippen LogP) is 8.04. The highest BCUT2D eigenvalue weighted by Crippen LogP contribution is 2.46. The standard InChI is InChI=1S/C34H39Cl2N3O3/c1-38(2)31(27-15-19-30(36)20-16-27)26-11-13-28(14-12-26)32-34(42-33(40)41-3,21-24-9-17-29(35)18-10-24)37-23-39(32)22-25-7-5-4-6-8-25/h4-10,15-20,23,26,28,31-32H,11-14,21-22H2,1-3H3. The molecule has 0 radical (unpaired) electrons. The van der Waals surface area contributed by atoms with Crippen LogP contribution in [0.5, 0.6) is 0 Å². The van der Waals surface area contributed by atoms with Gasteiger partial charge in [0.2, 0.25) is 5.72 Å². The maximum atomic E-state index is 12.7. The molecule has 1 aliphatic heterocycles. The summed E-state index contributed by atoms with van der Waals surface area (Å²) in [6, 6.07) is 26.4. The quantitative estimate of drug-likeness (QED) is 0.230. The predicted molar refractivity (Wildman–Crippen MR) is 169 cm³/mol. The van der Waals surface area contributed by atoms with Gasteiger partial charge in [-0.25, -0.2) is 9.79 Å². The fourth-order valence-corrected chi connectivity index (χ4v) is 7.19. The van der Waals surface area contributed by atoms with Gasteiger partial charge in [-0.1, -0.05) is 77.8 Å². The summed E-state index contributed by atoms with van der Waals surface area (Å²) < 4.78 is 11.2. The maximum absolute atomic E-state index is 12.7. The molecule has 3 aromatic rings. The zero-order valence-electron chi connectivity index (χ0n) is 24.5. The molecule has 2 aliphatic rings. The molecule has 0 N–H and O–H groups in total. The normalized spacial score (nSPS) is 24.5. The number of nitrogens with zero attached hydrogens (tertiary/aromatic N) is 3. The number of aliphatic imine (C=N–C) groups is 1. The van der Waals surface area contributed by atoms with Crippen molar-refractivity contribution in [2.45, 2.75) is 56.5 Å². The molecule has 6 nitrogen and oxygen atoms in total. The molecule has 1 aliphatic carbocycles. The largest absolute Gasteiger partial charge is 0.510 e. The number of rotatable bonds is 9. The van der Waals surface area contributed by atoms with Crippen molar-refractivity contribution in [3.05, 3.63) is 106 Å². The van der Waals surface area contributed by atoms with E-state index >= 15 is 0 Å². The Morgan fingerprint density at radius 2 is 1.55 bits per heavy atom. The van der Waals surface area contributed by atoms with E-state index in [1.165, 1.54) is 18.2 Å². The van der Waals surface area contributed by atoms with Crippen LogP contribution in [0.25, 0.3) is 0 Å². The SMILES string of the molecule is COC(=O)OC1(Cc2ccc(Cl)cc2)N=CN(Cc2ccccc2)C1C1CCC(C(c2ccc(Cl)cc2)N(C)C)CC1. The molecule has 0 aromatic heterocycles. The Labute approximate surface area is 259 Å². The lowest BCUT2D eigenvalue weighted by atomic mass is 9.71. The Bertz CT molecular complexity index is 1340. The second kappa shape index (κ2) is 13.5. The Morgan fingerprint density at radius 3 is 2.14 bits per heavy atom. The van der Waals surface area contributed by atoms with E-state index in [1.807, 2.05) is 60.9 Å². The van der Waals surface area contributed by atoms with Crippen molar-refractivity contribution in [2.24, 2.45) is 16.8 Å². The Hall–Kier alpha value is -3.06.